The molecule has 0 N–H and O–H groups in total. The summed E-state index contributed by atoms with van der Waals surface area (Å²) in [5, 5.41) is 0. The van der Waals surface area contributed by atoms with Gasteiger partial charge in [0.1, 0.15) is 18.3 Å². The minimum atomic E-state index is -4.31. The maximum Gasteiger partial charge on any atom is 1.00 e. The van der Waals surface area contributed by atoms with Crippen molar-refractivity contribution in [2.45, 2.75) is 6.42 Å². The molecule has 0 aliphatic heterocycles. The fraction of sp³-hybridized carbons (Fsp3) is 1.00. The van der Waals surface area contributed by atoms with E-state index in [1.54, 1.807) is 0 Å². The summed E-state index contributed by atoms with van der Waals surface area (Å²) in [6.45, 7) is 0. The Morgan fingerprint density at radius 3 is 1.27 bits per heavy atom. The van der Waals surface area contributed by atoms with E-state index in [-0.39, 0.29) is 98.6 Å². The third-order valence-electron chi connectivity index (χ3n) is 0.744. The fourth-order valence-corrected chi connectivity index (χ4v) is 3.43. The summed E-state index contributed by atoms with van der Waals surface area (Å²) in [5.74, 6) is -0.0112. The molecule has 12 heteroatoms. The second-order valence-corrected chi connectivity index (χ2v) is 8.60. The van der Waals surface area contributed by atoms with Crippen molar-refractivity contribution in [1.82, 2.24) is 0 Å². The zero-order valence-corrected chi connectivity index (χ0v) is 15.5. The maximum absolute atomic E-state index is 10.0. The maximum atomic E-state index is 10.0. The molecular formula is C3H6Na2O6S4. The van der Waals surface area contributed by atoms with Crippen LogP contribution in [0.15, 0.2) is 0 Å². The van der Waals surface area contributed by atoms with Gasteiger partial charge in [0, 0.05) is 11.5 Å². The van der Waals surface area contributed by atoms with Gasteiger partial charge in [-0.3, -0.25) is 0 Å². The van der Waals surface area contributed by atoms with Gasteiger partial charge >= 0.3 is 59.1 Å². The van der Waals surface area contributed by atoms with Gasteiger partial charge in [-0.25, -0.2) is 16.8 Å². The van der Waals surface area contributed by atoms with Gasteiger partial charge in [0.15, 0.2) is 0 Å². The van der Waals surface area contributed by atoms with E-state index in [2.05, 4.69) is 0 Å². The van der Waals surface area contributed by atoms with E-state index >= 15 is 0 Å². The first-order valence-electron chi connectivity index (χ1n) is 2.91. The largest absolute Gasteiger partial charge is 1.00 e. The zero-order chi connectivity index (χ0) is 10.5. The molecule has 6 nitrogen and oxygen atoms in total. The van der Waals surface area contributed by atoms with Crippen LogP contribution in [-0.2, 0) is 18.3 Å². The van der Waals surface area contributed by atoms with Crippen molar-refractivity contribution in [1.29, 1.82) is 0 Å². The molecule has 0 atom stereocenters. The van der Waals surface area contributed by atoms with E-state index in [0.29, 0.717) is 0 Å². The minimum Gasteiger partial charge on any atom is -0.739 e. The molecule has 0 fully saturated rings. The molecule has 80 valence electrons. The Balaban J connectivity index is -0.000000720. The van der Waals surface area contributed by atoms with Gasteiger partial charge in [0.25, 0.3) is 0 Å². The Morgan fingerprint density at radius 2 is 1.07 bits per heavy atom. The first-order valence-corrected chi connectivity index (χ1v) is 8.73. The van der Waals surface area contributed by atoms with Crippen LogP contribution in [0.1, 0.15) is 6.42 Å². The molecule has 0 radical (unpaired) electrons. The summed E-state index contributed by atoms with van der Waals surface area (Å²) in [6, 6.07) is 0. The Bertz CT molecular complexity index is 301. The molecule has 0 heterocycles. The Hall–Kier alpha value is 2.52. The molecule has 15 heavy (non-hydrogen) atoms. The van der Waals surface area contributed by atoms with E-state index in [4.69, 9.17) is 0 Å². The topological polar surface area (TPSA) is 114 Å². The summed E-state index contributed by atoms with van der Waals surface area (Å²) in [4.78, 5) is 0. The van der Waals surface area contributed by atoms with Crippen LogP contribution in [0.3, 0.4) is 0 Å². The Labute approximate surface area is 141 Å². The predicted molar refractivity (Wildman–Crippen MR) is 48.9 cm³/mol. The quantitative estimate of drug-likeness (QED) is 0.206. The molecule has 0 aromatic carbocycles. The van der Waals surface area contributed by atoms with Crippen LogP contribution >= 0.6 is 21.6 Å². The van der Waals surface area contributed by atoms with Crippen LogP contribution in [0.5, 0.6) is 0 Å². The summed E-state index contributed by atoms with van der Waals surface area (Å²) < 4.78 is 60.1. The van der Waals surface area contributed by atoms with Crippen molar-refractivity contribution in [3.63, 3.8) is 0 Å². The Kier molecular flexibility index (Phi) is 15.8. The van der Waals surface area contributed by atoms with Crippen LogP contribution < -0.4 is 59.1 Å². The number of hydrogen-bond donors (Lipinski definition) is 0. The van der Waals surface area contributed by atoms with Crippen LogP contribution in [0.2, 0.25) is 0 Å². The van der Waals surface area contributed by atoms with Gasteiger partial charge in [-0.15, -0.1) is 0 Å². The van der Waals surface area contributed by atoms with Crippen LogP contribution in [0.4, 0.5) is 0 Å². The molecule has 0 spiro atoms. The average Bonchev–Trinajstić information content (AvgIpc) is 1.81. The van der Waals surface area contributed by atoms with Gasteiger partial charge in [-0.05, 0) is 28.0 Å². The van der Waals surface area contributed by atoms with Crippen molar-refractivity contribution in [2.24, 2.45) is 0 Å². The summed E-state index contributed by atoms with van der Waals surface area (Å²) in [6.07, 6.45) is 0.179. The number of hydrogen-bond acceptors (Lipinski definition) is 8. The van der Waals surface area contributed by atoms with E-state index < -0.39 is 18.3 Å². The van der Waals surface area contributed by atoms with E-state index in [9.17, 15) is 25.9 Å². The first kappa shape index (κ1) is 22.7. The molecule has 0 bridgehead atoms. The predicted octanol–water partition coefficient (Wildman–Crippen LogP) is -6.23. The third-order valence-corrected chi connectivity index (χ3v) is 4.96. The van der Waals surface area contributed by atoms with Gasteiger partial charge in [0.2, 0.25) is 0 Å². The average molecular weight is 312 g/mol. The molecule has 0 saturated heterocycles. The van der Waals surface area contributed by atoms with Crippen molar-refractivity contribution in [3.8, 4) is 0 Å². The molecular weight excluding hydrogens is 306 g/mol. The molecule has 0 rings (SSSR count). The second-order valence-electron chi connectivity index (χ2n) is 1.81. The SMILES string of the molecule is O=S(=O)([O-])SCCCSS(=O)(=O)[O-].[Na+].[Na+]. The van der Waals surface area contributed by atoms with Crippen LogP contribution in [-0.4, -0.2) is 37.4 Å². The molecule has 0 aromatic heterocycles. The van der Waals surface area contributed by atoms with Crippen molar-refractivity contribution in [2.75, 3.05) is 11.5 Å². The fourth-order valence-electron chi connectivity index (χ4n) is 0.381. The third kappa shape index (κ3) is 22.2. The molecule has 0 unspecified atom stereocenters. The minimum absolute atomic E-state index is 0. The van der Waals surface area contributed by atoms with Crippen LogP contribution in [0.25, 0.3) is 0 Å². The summed E-state index contributed by atoms with van der Waals surface area (Å²) in [5.41, 5.74) is 0. The second kappa shape index (κ2) is 10.4. The van der Waals surface area contributed by atoms with Gasteiger partial charge < -0.3 is 9.11 Å². The van der Waals surface area contributed by atoms with Gasteiger partial charge in [-0.1, -0.05) is 0 Å². The smallest absolute Gasteiger partial charge is 0.739 e. The van der Waals surface area contributed by atoms with Gasteiger partial charge in [-0.2, -0.15) is 0 Å². The van der Waals surface area contributed by atoms with Crippen molar-refractivity contribution >= 4 is 39.9 Å². The van der Waals surface area contributed by atoms with Crippen molar-refractivity contribution < 1.29 is 85.1 Å². The molecule has 0 aliphatic rings. The zero-order valence-electron chi connectivity index (χ0n) is 8.20. The van der Waals surface area contributed by atoms with E-state index in [1.165, 1.54) is 0 Å². The van der Waals surface area contributed by atoms with E-state index in [0.717, 1.165) is 0 Å². The molecule has 0 aromatic rings. The first-order chi connectivity index (χ1) is 5.71. The van der Waals surface area contributed by atoms with Crippen molar-refractivity contribution in [3.05, 3.63) is 0 Å². The summed E-state index contributed by atoms with van der Waals surface area (Å²) in [7, 11) is -8.24. The molecule has 0 amide bonds. The summed E-state index contributed by atoms with van der Waals surface area (Å²) >= 11 is 0. The molecule has 0 saturated carbocycles. The van der Waals surface area contributed by atoms with Gasteiger partial charge in [0.05, 0.1) is 0 Å². The monoisotopic (exact) mass is 312 g/mol. The normalized spacial score (nSPS) is 11.3. The standard InChI is InChI=1S/C3H8O6S4.2Na/c4-12(5,6)10-2-1-3-11-13(7,8)9;;/h1-3H2,(H,4,5,6)(H,7,8,9);;/q;2*+1/p-2. The van der Waals surface area contributed by atoms with E-state index in [1.807, 2.05) is 0 Å². The number of rotatable bonds is 6. The molecule has 0 aliphatic carbocycles. The Morgan fingerprint density at radius 1 is 0.800 bits per heavy atom. The van der Waals surface area contributed by atoms with Crippen LogP contribution in [0, 0.1) is 0 Å².